The van der Waals surface area contributed by atoms with Crippen LogP contribution in [0.1, 0.15) is 40.0 Å². The van der Waals surface area contributed by atoms with E-state index in [1.807, 2.05) is 0 Å². The zero-order chi connectivity index (χ0) is 18.3. The van der Waals surface area contributed by atoms with Crippen molar-refractivity contribution in [3.8, 4) is 0 Å². The van der Waals surface area contributed by atoms with Gasteiger partial charge in [0.15, 0.2) is 0 Å². The highest BCUT2D eigenvalue weighted by Gasteiger charge is 2.42. The van der Waals surface area contributed by atoms with Gasteiger partial charge in [0.2, 0.25) is 0 Å². The number of piperidine rings is 1. The van der Waals surface area contributed by atoms with Crippen LogP contribution >= 0.6 is 0 Å². The number of nitrogens with zero attached hydrogens (tertiary/aromatic N) is 3. The molecule has 2 fully saturated rings. The Balaban J connectivity index is 1.31. The Morgan fingerprint density at radius 2 is 1.54 bits per heavy atom. The first kappa shape index (κ1) is 17.0. The Kier molecular flexibility index (Phi) is 4.19. The first-order valence-electron chi connectivity index (χ1n) is 9.15. The van der Waals surface area contributed by atoms with E-state index in [-0.39, 0.29) is 17.2 Å². The summed E-state index contributed by atoms with van der Waals surface area (Å²) in [7, 11) is 0. The maximum absolute atomic E-state index is 12.4. The predicted molar refractivity (Wildman–Crippen MR) is 94.1 cm³/mol. The summed E-state index contributed by atoms with van der Waals surface area (Å²) in [5.74, 6) is -0.404. The van der Waals surface area contributed by atoms with Crippen molar-refractivity contribution in [1.29, 1.82) is 0 Å². The van der Waals surface area contributed by atoms with E-state index in [1.54, 1.807) is 24.3 Å². The van der Waals surface area contributed by atoms with E-state index < -0.39 is 6.09 Å². The molecular formula is C19H23N3O4. The van der Waals surface area contributed by atoms with Crippen molar-refractivity contribution in [3.05, 3.63) is 35.4 Å². The summed E-state index contributed by atoms with van der Waals surface area (Å²) in [6.45, 7) is 4.11. The molecule has 1 aromatic rings. The van der Waals surface area contributed by atoms with Crippen LogP contribution in [0.3, 0.4) is 0 Å². The van der Waals surface area contributed by atoms with E-state index in [4.69, 9.17) is 5.11 Å². The SMILES string of the molecule is O=C(O)N1CCC2(CCN(CCN3C(=O)c4ccccc4C3=O)CC2)C1. The molecule has 3 heterocycles. The molecule has 26 heavy (non-hydrogen) atoms. The second-order valence-corrected chi connectivity index (χ2v) is 7.60. The van der Waals surface area contributed by atoms with Crippen molar-refractivity contribution in [2.24, 2.45) is 5.41 Å². The van der Waals surface area contributed by atoms with Crippen LogP contribution in [0.25, 0.3) is 0 Å². The van der Waals surface area contributed by atoms with Crippen molar-refractivity contribution < 1.29 is 19.5 Å². The number of imide groups is 1. The number of benzene rings is 1. The average molecular weight is 357 g/mol. The number of amides is 3. The highest BCUT2D eigenvalue weighted by Crippen LogP contribution is 2.40. The number of hydrogen-bond acceptors (Lipinski definition) is 4. The number of rotatable bonds is 3. The van der Waals surface area contributed by atoms with Crippen molar-refractivity contribution in [1.82, 2.24) is 14.7 Å². The second-order valence-electron chi connectivity index (χ2n) is 7.60. The molecule has 0 radical (unpaired) electrons. The van der Waals surface area contributed by atoms with Gasteiger partial charge in [0.05, 0.1) is 11.1 Å². The largest absolute Gasteiger partial charge is 0.465 e. The van der Waals surface area contributed by atoms with Crippen LogP contribution in [0.5, 0.6) is 0 Å². The lowest BCUT2D eigenvalue weighted by atomic mass is 9.78. The van der Waals surface area contributed by atoms with Crippen LogP contribution in [-0.2, 0) is 0 Å². The zero-order valence-corrected chi connectivity index (χ0v) is 14.7. The number of carbonyl (C=O) groups is 3. The minimum absolute atomic E-state index is 0.115. The molecule has 4 rings (SSSR count). The zero-order valence-electron chi connectivity index (χ0n) is 14.7. The molecule has 1 spiro atoms. The van der Waals surface area contributed by atoms with Crippen molar-refractivity contribution in [2.45, 2.75) is 19.3 Å². The molecule has 3 aliphatic heterocycles. The molecule has 0 bridgehead atoms. The third-order valence-corrected chi connectivity index (χ3v) is 6.14. The number of hydrogen-bond donors (Lipinski definition) is 1. The summed E-state index contributed by atoms with van der Waals surface area (Å²) in [6.07, 6.45) is 2.05. The Morgan fingerprint density at radius 3 is 2.08 bits per heavy atom. The molecule has 7 heteroatoms. The van der Waals surface area contributed by atoms with Gasteiger partial charge in [-0.25, -0.2) is 4.79 Å². The van der Waals surface area contributed by atoms with Crippen LogP contribution < -0.4 is 0 Å². The predicted octanol–water partition coefficient (Wildman–Crippen LogP) is 1.75. The van der Waals surface area contributed by atoms with Gasteiger partial charge in [-0.2, -0.15) is 0 Å². The minimum atomic E-state index is -0.824. The molecule has 0 atom stereocenters. The van der Waals surface area contributed by atoms with Crippen molar-refractivity contribution in [2.75, 3.05) is 39.3 Å². The summed E-state index contributed by atoms with van der Waals surface area (Å²) in [6, 6.07) is 6.96. The smallest absolute Gasteiger partial charge is 0.407 e. The van der Waals surface area contributed by atoms with Crippen LogP contribution in [0.2, 0.25) is 0 Å². The van der Waals surface area contributed by atoms with Crippen LogP contribution in [-0.4, -0.2) is 77.0 Å². The number of likely N-dealkylation sites (tertiary alicyclic amines) is 2. The first-order chi connectivity index (χ1) is 12.5. The maximum Gasteiger partial charge on any atom is 0.407 e. The van der Waals surface area contributed by atoms with E-state index in [0.29, 0.717) is 37.3 Å². The molecule has 138 valence electrons. The van der Waals surface area contributed by atoms with Crippen molar-refractivity contribution >= 4 is 17.9 Å². The molecule has 0 saturated carbocycles. The minimum Gasteiger partial charge on any atom is -0.465 e. The molecule has 0 unspecified atom stereocenters. The van der Waals surface area contributed by atoms with Gasteiger partial charge < -0.3 is 14.9 Å². The Morgan fingerprint density at radius 1 is 0.962 bits per heavy atom. The van der Waals surface area contributed by atoms with Gasteiger partial charge in [0, 0.05) is 26.2 Å². The fraction of sp³-hybridized carbons (Fsp3) is 0.526. The number of carbonyl (C=O) groups excluding carboxylic acids is 2. The van der Waals surface area contributed by atoms with Gasteiger partial charge in [-0.05, 0) is 49.9 Å². The summed E-state index contributed by atoms with van der Waals surface area (Å²) < 4.78 is 0. The molecule has 1 aromatic carbocycles. The molecule has 0 aromatic heterocycles. The van der Waals surface area contributed by atoms with Crippen molar-refractivity contribution in [3.63, 3.8) is 0 Å². The second kappa shape index (κ2) is 6.39. The van der Waals surface area contributed by atoms with Crippen LogP contribution in [0.4, 0.5) is 4.79 Å². The Hall–Kier alpha value is -2.41. The lowest BCUT2D eigenvalue weighted by Gasteiger charge is -2.39. The number of carboxylic acid groups (broad SMARTS) is 1. The lowest BCUT2D eigenvalue weighted by molar-refractivity contribution is 0.0600. The van der Waals surface area contributed by atoms with E-state index >= 15 is 0 Å². The van der Waals surface area contributed by atoms with Gasteiger partial charge in [0.25, 0.3) is 11.8 Å². The molecule has 0 aliphatic carbocycles. The third kappa shape index (κ3) is 2.86. The molecule has 3 aliphatic rings. The first-order valence-corrected chi connectivity index (χ1v) is 9.15. The molecular weight excluding hydrogens is 334 g/mol. The molecule has 2 saturated heterocycles. The quantitative estimate of drug-likeness (QED) is 0.834. The summed E-state index contributed by atoms with van der Waals surface area (Å²) in [4.78, 5) is 41.1. The van der Waals surface area contributed by atoms with Crippen LogP contribution in [0.15, 0.2) is 24.3 Å². The highest BCUT2D eigenvalue weighted by molar-refractivity contribution is 6.21. The lowest BCUT2D eigenvalue weighted by Crippen LogP contribution is -2.45. The van der Waals surface area contributed by atoms with E-state index in [2.05, 4.69) is 4.90 Å². The molecule has 7 nitrogen and oxygen atoms in total. The van der Waals surface area contributed by atoms with E-state index in [1.165, 1.54) is 9.80 Å². The molecule has 1 N–H and O–H groups in total. The molecule has 3 amide bonds. The van der Waals surface area contributed by atoms with Gasteiger partial charge in [0.1, 0.15) is 0 Å². The fourth-order valence-electron chi connectivity index (χ4n) is 4.44. The normalized spacial score (nSPS) is 22.3. The highest BCUT2D eigenvalue weighted by atomic mass is 16.4. The summed E-state index contributed by atoms with van der Waals surface area (Å²) >= 11 is 0. The van der Waals surface area contributed by atoms with Gasteiger partial charge in [-0.3, -0.25) is 14.5 Å². The third-order valence-electron chi connectivity index (χ3n) is 6.14. The van der Waals surface area contributed by atoms with Gasteiger partial charge in [-0.15, -0.1) is 0 Å². The maximum atomic E-state index is 12.4. The van der Waals surface area contributed by atoms with E-state index in [9.17, 15) is 14.4 Å². The van der Waals surface area contributed by atoms with Gasteiger partial charge in [-0.1, -0.05) is 12.1 Å². The fourth-order valence-corrected chi connectivity index (χ4v) is 4.44. The van der Waals surface area contributed by atoms with E-state index in [0.717, 1.165) is 32.4 Å². The average Bonchev–Trinajstić information content (AvgIpc) is 3.16. The monoisotopic (exact) mass is 357 g/mol. The Bertz CT molecular complexity index is 720. The number of fused-ring (bicyclic) bond motifs is 1. The topological polar surface area (TPSA) is 81.2 Å². The summed E-state index contributed by atoms with van der Waals surface area (Å²) in [5, 5.41) is 9.15. The standard InChI is InChI=1S/C19H23N3O4/c23-16-14-3-1-2-4-15(14)17(24)22(16)12-11-20-8-5-19(6-9-20)7-10-21(13-19)18(25)26/h1-4H,5-13H2,(H,25,26). The van der Waals surface area contributed by atoms with Crippen LogP contribution in [0, 0.1) is 5.41 Å². The summed E-state index contributed by atoms with van der Waals surface area (Å²) in [5.41, 5.74) is 1.11. The van der Waals surface area contributed by atoms with Gasteiger partial charge >= 0.3 is 6.09 Å². The Labute approximate surface area is 152 Å².